The number of aliphatic hydroxyl groups excluding tert-OH is 1. The van der Waals surface area contributed by atoms with Crippen molar-refractivity contribution in [2.24, 2.45) is 11.8 Å². The number of amides is 2. The van der Waals surface area contributed by atoms with E-state index in [1.165, 1.54) is 0 Å². The lowest BCUT2D eigenvalue weighted by Crippen LogP contribution is -2.39. The molecule has 0 aliphatic carbocycles. The predicted octanol–water partition coefficient (Wildman–Crippen LogP) is 0.426. The van der Waals surface area contributed by atoms with Gasteiger partial charge in [0.1, 0.15) is 0 Å². The summed E-state index contributed by atoms with van der Waals surface area (Å²) in [5.74, 6) is 0.405. The van der Waals surface area contributed by atoms with Crippen LogP contribution < -0.4 is 10.6 Å². The highest BCUT2D eigenvalue weighted by molar-refractivity contribution is 5.81. The first kappa shape index (κ1) is 15.0. The van der Waals surface area contributed by atoms with Crippen molar-refractivity contribution in [3.05, 3.63) is 0 Å². The third-order valence-corrected chi connectivity index (χ3v) is 3.27. The van der Waals surface area contributed by atoms with Crippen molar-refractivity contribution in [1.82, 2.24) is 10.6 Å². The van der Waals surface area contributed by atoms with E-state index in [2.05, 4.69) is 24.5 Å². The second-order valence-electron chi connectivity index (χ2n) is 5.39. The van der Waals surface area contributed by atoms with Gasteiger partial charge in [0.2, 0.25) is 11.8 Å². The van der Waals surface area contributed by atoms with E-state index in [1.807, 2.05) is 0 Å². The number of hydrogen-bond acceptors (Lipinski definition) is 3. The molecule has 1 heterocycles. The number of carbonyl (C=O) groups is 2. The molecule has 0 saturated carbocycles. The predicted molar refractivity (Wildman–Crippen MR) is 68.8 cm³/mol. The number of aliphatic hydroxyl groups is 1. The Bertz CT molecular complexity index is 292. The summed E-state index contributed by atoms with van der Waals surface area (Å²) in [6.45, 7) is 4.72. The first-order valence-electron chi connectivity index (χ1n) is 6.70. The van der Waals surface area contributed by atoms with Crippen molar-refractivity contribution in [3.63, 3.8) is 0 Å². The highest BCUT2D eigenvalue weighted by Crippen LogP contribution is 2.16. The van der Waals surface area contributed by atoms with Crippen LogP contribution in [0.4, 0.5) is 0 Å². The van der Waals surface area contributed by atoms with Gasteiger partial charge >= 0.3 is 0 Å². The molecule has 0 aromatic rings. The quantitative estimate of drug-likeness (QED) is 0.618. The van der Waals surface area contributed by atoms with E-state index in [0.29, 0.717) is 25.3 Å². The van der Waals surface area contributed by atoms with Crippen LogP contribution in [0.2, 0.25) is 0 Å². The van der Waals surface area contributed by atoms with Crippen LogP contribution in [0.15, 0.2) is 0 Å². The van der Waals surface area contributed by atoms with Gasteiger partial charge in [-0.15, -0.1) is 0 Å². The van der Waals surface area contributed by atoms with Crippen LogP contribution in [0, 0.1) is 11.8 Å². The van der Waals surface area contributed by atoms with Crippen LogP contribution >= 0.6 is 0 Å². The average molecular weight is 256 g/mol. The summed E-state index contributed by atoms with van der Waals surface area (Å²) in [4.78, 5) is 23.1. The van der Waals surface area contributed by atoms with E-state index in [1.54, 1.807) is 0 Å². The summed E-state index contributed by atoms with van der Waals surface area (Å²) in [7, 11) is 0. The fraction of sp³-hybridized carbons (Fsp3) is 0.846. The summed E-state index contributed by atoms with van der Waals surface area (Å²) >= 11 is 0. The molecule has 104 valence electrons. The fourth-order valence-corrected chi connectivity index (χ4v) is 2.11. The summed E-state index contributed by atoms with van der Waals surface area (Å²) in [6.07, 6.45) is 2.63. The van der Waals surface area contributed by atoms with Crippen LogP contribution in [-0.4, -0.2) is 36.1 Å². The zero-order chi connectivity index (χ0) is 13.5. The molecule has 5 heteroatoms. The molecule has 2 unspecified atom stereocenters. The maximum absolute atomic E-state index is 11.6. The summed E-state index contributed by atoms with van der Waals surface area (Å²) in [6, 6.07) is -0.307. The van der Waals surface area contributed by atoms with Crippen molar-refractivity contribution in [2.45, 2.75) is 45.6 Å². The summed E-state index contributed by atoms with van der Waals surface area (Å²) in [5, 5.41) is 14.8. The molecular formula is C13H24N2O3. The standard InChI is InChI=1S/C13H24N2O3/c1-9(2)3-4-12(17)15-11(8-16)7-10-5-6-14-13(10)18/h9-11,16H,3-8H2,1-2H3,(H,14,18)(H,15,17). The molecule has 0 spiro atoms. The molecule has 0 radical (unpaired) electrons. The maximum Gasteiger partial charge on any atom is 0.223 e. The Hall–Kier alpha value is -1.10. The molecular weight excluding hydrogens is 232 g/mol. The van der Waals surface area contributed by atoms with Gasteiger partial charge in [0.05, 0.1) is 12.6 Å². The van der Waals surface area contributed by atoms with Gasteiger partial charge in [-0.2, -0.15) is 0 Å². The normalized spacial score (nSPS) is 20.9. The summed E-state index contributed by atoms with van der Waals surface area (Å²) in [5.41, 5.74) is 0. The molecule has 2 amide bonds. The molecule has 1 fully saturated rings. The zero-order valence-corrected chi connectivity index (χ0v) is 11.2. The van der Waals surface area contributed by atoms with Crippen LogP contribution in [0.1, 0.15) is 39.5 Å². The molecule has 1 saturated heterocycles. The van der Waals surface area contributed by atoms with Gasteiger partial charge in [-0.05, 0) is 25.2 Å². The van der Waals surface area contributed by atoms with Gasteiger partial charge in [0.15, 0.2) is 0 Å². The van der Waals surface area contributed by atoms with E-state index in [0.717, 1.165) is 12.8 Å². The Morgan fingerprint density at radius 2 is 2.28 bits per heavy atom. The first-order valence-corrected chi connectivity index (χ1v) is 6.70. The molecule has 1 rings (SSSR count). The molecule has 0 aromatic heterocycles. The third kappa shape index (κ3) is 5.04. The number of nitrogens with one attached hydrogen (secondary N) is 2. The molecule has 3 N–H and O–H groups in total. The van der Waals surface area contributed by atoms with Gasteiger partial charge in [-0.3, -0.25) is 9.59 Å². The van der Waals surface area contributed by atoms with Crippen molar-refractivity contribution in [2.75, 3.05) is 13.2 Å². The maximum atomic E-state index is 11.6. The smallest absolute Gasteiger partial charge is 0.223 e. The van der Waals surface area contributed by atoms with Gasteiger partial charge in [0, 0.05) is 18.9 Å². The Morgan fingerprint density at radius 3 is 2.78 bits per heavy atom. The average Bonchev–Trinajstić information content (AvgIpc) is 2.71. The van der Waals surface area contributed by atoms with Crippen LogP contribution in [0.3, 0.4) is 0 Å². The molecule has 0 bridgehead atoms. The minimum Gasteiger partial charge on any atom is -0.394 e. The Balaban J connectivity index is 2.32. The monoisotopic (exact) mass is 256 g/mol. The van der Waals surface area contributed by atoms with Crippen LogP contribution in [0.5, 0.6) is 0 Å². The van der Waals surface area contributed by atoms with E-state index in [9.17, 15) is 14.7 Å². The van der Waals surface area contributed by atoms with Crippen molar-refractivity contribution in [1.29, 1.82) is 0 Å². The lowest BCUT2D eigenvalue weighted by molar-refractivity contribution is -0.125. The van der Waals surface area contributed by atoms with Gasteiger partial charge in [0.25, 0.3) is 0 Å². The first-order chi connectivity index (χ1) is 8.52. The van der Waals surface area contributed by atoms with Gasteiger partial charge in [-0.1, -0.05) is 13.8 Å². The number of hydrogen-bond donors (Lipinski definition) is 3. The van der Waals surface area contributed by atoms with Crippen molar-refractivity contribution < 1.29 is 14.7 Å². The van der Waals surface area contributed by atoms with Crippen LogP contribution in [0.25, 0.3) is 0 Å². The zero-order valence-electron chi connectivity index (χ0n) is 11.2. The molecule has 5 nitrogen and oxygen atoms in total. The van der Waals surface area contributed by atoms with Crippen LogP contribution in [-0.2, 0) is 9.59 Å². The van der Waals surface area contributed by atoms with E-state index < -0.39 is 0 Å². The Morgan fingerprint density at radius 1 is 1.56 bits per heavy atom. The summed E-state index contributed by atoms with van der Waals surface area (Å²) < 4.78 is 0. The van der Waals surface area contributed by atoms with E-state index in [-0.39, 0.29) is 30.4 Å². The third-order valence-electron chi connectivity index (χ3n) is 3.27. The molecule has 1 aliphatic rings. The SMILES string of the molecule is CC(C)CCC(=O)NC(CO)CC1CCNC1=O. The molecule has 18 heavy (non-hydrogen) atoms. The van der Waals surface area contributed by atoms with Gasteiger partial charge in [-0.25, -0.2) is 0 Å². The highest BCUT2D eigenvalue weighted by atomic mass is 16.3. The van der Waals surface area contributed by atoms with E-state index >= 15 is 0 Å². The number of rotatable bonds is 7. The number of carbonyl (C=O) groups excluding carboxylic acids is 2. The topological polar surface area (TPSA) is 78.4 Å². The van der Waals surface area contributed by atoms with Gasteiger partial charge < -0.3 is 15.7 Å². The fourth-order valence-electron chi connectivity index (χ4n) is 2.11. The Labute approximate surface area is 108 Å². The minimum absolute atomic E-state index is 0.0323. The minimum atomic E-state index is -0.307. The van der Waals surface area contributed by atoms with Crippen molar-refractivity contribution in [3.8, 4) is 0 Å². The highest BCUT2D eigenvalue weighted by Gasteiger charge is 2.27. The molecule has 1 aliphatic heterocycles. The second kappa shape index (κ2) is 7.36. The van der Waals surface area contributed by atoms with E-state index in [4.69, 9.17) is 0 Å². The molecule has 2 atom stereocenters. The largest absolute Gasteiger partial charge is 0.394 e. The molecule has 0 aromatic carbocycles. The lowest BCUT2D eigenvalue weighted by Gasteiger charge is -2.19. The lowest BCUT2D eigenvalue weighted by atomic mass is 9.98. The van der Waals surface area contributed by atoms with Crippen molar-refractivity contribution >= 4 is 11.8 Å². The second-order valence-corrected chi connectivity index (χ2v) is 5.39. The Kier molecular flexibility index (Phi) is 6.12.